The van der Waals surface area contributed by atoms with Gasteiger partial charge in [-0.3, -0.25) is 4.79 Å². The Hall–Kier alpha value is -2.08. The molecule has 0 saturated carbocycles. The van der Waals surface area contributed by atoms with E-state index in [1.54, 1.807) is 0 Å². The molecule has 1 fully saturated rings. The van der Waals surface area contributed by atoms with Crippen LogP contribution in [0.4, 0.5) is 0 Å². The van der Waals surface area contributed by atoms with Crippen LogP contribution in [0, 0.1) is 11.3 Å². The maximum absolute atomic E-state index is 12.3. The number of nitriles is 1. The van der Waals surface area contributed by atoms with Crippen molar-refractivity contribution in [2.45, 2.75) is 39.0 Å². The van der Waals surface area contributed by atoms with Crippen molar-refractivity contribution in [1.29, 1.82) is 5.26 Å². The third-order valence-electron chi connectivity index (χ3n) is 4.49. The molecule has 3 rings (SSSR count). The van der Waals surface area contributed by atoms with E-state index in [0.717, 1.165) is 49.2 Å². The Bertz CT molecular complexity index is 646. The van der Waals surface area contributed by atoms with Gasteiger partial charge in [-0.05, 0) is 42.9 Å². The van der Waals surface area contributed by atoms with Crippen molar-refractivity contribution < 1.29 is 4.79 Å². The predicted octanol–water partition coefficient (Wildman–Crippen LogP) is 3.09. The molecule has 1 saturated heterocycles. The Morgan fingerprint density at radius 3 is 2.67 bits per heavy atom. The van der Waals surface area contributed by atoms with Crippen molar-refractivity contribution in [2.24, 2.45) is 0 Å². The van der Waals surface area contributed by atoms with Gasteiger partial charge >= 0.3 is 0 Å². The van der Waals surface area contributed by atoms with Gasteiger partial charge in [0.05, 0.1) is 5.70 Å². The van der Waals surface area contributed by atoms with Crippen molar-refractivity contribution in [2.75, 3.05) is 13.1 Å². The summed E-state index contributed by atoms with van der Waals surface area (Å²) in [5, 5.41) is 9.46. The molecule has 0 aromatic heterocycles. The van der Waals surface area contributed by atoms with E-state index in [2.05, 4.69) is 36.1 Å². The lowest BCUT2D eigenvalue weighted by atomic mass is 9.86. The zero-order chi connectivity index (χ0) is 14.8. The third kappa shape index (κ3) is 2.47. The Kier molecular flexibility index (Phi) is 3.79. The van der Waals surface area contributed by atoms with Crippen LogP contribution in [0.25, 0.3) is 5.70 Å². The molecule has 1 aliphatic carbocycles. The van der Waals surface area contributed by atoms with Crippen LogP contribution >= 0.6 is 0 Å². The molecule has 0 spiro atoms. The molecule has 0 N–H and O–H groups in total. The van der Waals surface area contributed by atoms with Crippen LogP contribution in [0.15, 0.2) is 23.8 Å². The molecular formula is C18H20N2O. The van der Waals surface area contributed by atoms with E-state index in [4.69, 9.17) is 0 Å². The number of aryl methyl sites for hydroxylation is 1. The molecule has 0 radical (unpaired) electrons. The summed E-state index contributed by atoms with van der Waals surface area (Å²) in [6.45, 7) is 4.03. The first kappa shape index (κ1) is 13.9. The SMILES string of the molecule is CCc1ccc2c(c1)C(N1CCCCC1)=C(C#N)C(=O)C2. The van der Waals surface area contributed by atoms with Gasteiger partial charge in [-0.15, -0.1) is 0 Å². The lowest BCUT2D eigenvalue weighted by molar-refractivity contribution is -0.114. The summed E-state index contributed by atoms with van der Waals surface area (Å²) >= 11 is 0. The third-order valence-corrected chi connectivity index (χ3v) is 4.49. The number of allylic oxidation sites excluding steroid dienone is 1. The fourth-order valence-corrected chi connectivity index (χ4v) is 3.31. The van der Waals surface area contributed by atoms with Gasteiger partial charge in [0.25, 0.3) is 0 Å². The van der Waals surface area contributed by atoms with Gasteiger partial charge in [-0.1, -0.05) is 19.1 Å². The first-order chi connectivity index (χ1) is 10.2. The second kappa shape index (κ2) is 5.73. The molecule has 0 unspecified atom stereocenters. The number of fused-ring (bicyclic) bond motifs is 1. The maximum Gasteiger partial charge on any atom is 0.179 e. The number of rotatable bonds is 2. The van der Waals surface area contributed by atoms with Gasteiger partial charge in [0, 0.05) is 25.1 Å². The highest BCUT2D eigenvalue weighted by Crippen LogP contribution is 2.34. The van der Waals surface area contributed by atoms with Crippen molar-refractivity contribution in [3.63, 3.8) is 0 Å². The molecule has 1 heterocycles. The van der Waals surface area contributed by atoms with Crippen LogP contribution < -0.4 is 0 Å². The average Bonchev–Trinajstić information content (AvgIpc) is 2.54. The monoisotopic (exact) mass is 280 g/mol. The van der Waals surface area contributed by atoms with Crippen molar-refractivity contribution in [1.82, 2.24) is 4.90 Å². The number of hydrogen-bond acceptors (Lipinski definition) is 3. The summed E-state index contributed by atoms with van der Waals surface area (Å²) in [6.07, 6.45) is 4.84. The lowest BCUT2D eigenvalue weighted by Gasteiger charge is -2.34. The number of carbonyl (C=O) groups excluding carboxylic acids is 1. The van der Waals surface area contributed by atoms with Gasteiger partial charge in [-0.25, -0.2) is 0 Å². The normalized spacial score (nSPS) is 18.5. The summed E-state index contributed by atoms with van der Waals surface area (Å²) in [6, 6.07) is 8.49. The molecule has 1 aromatic rings. The van der Waals surface area contributed by atoms with Gasteiger partial charge in [0.1, 0.15) is 11.6 Å². The molecule has 0 amide bonds. The van der Waals surface area contributed by atoms with E-state index in [-0.39, 0.29) is 5.78 Å². The highest BCUT2D eigenvalue weighted by atomic mass is 16.1. The highest BCUT2D eigenvalue weighted by molar-refractivity contribution is 6.09. The van der Waals surface area contributed by atoms with Crippen LogP contribution in [0.5, 0.6) is 0 Å². The Balaban J connectivity index is 2.15. The molecule has 0 bridgehead atoms. The first-order valence-corrected chi connectivity index (χ1v) is 7.79. The number of ketones is 1. The van der Waals surface area contributed by atoms with Crippen molar-refractivity contribution >= 4 is 11.5 Å². The van der Waals surface area contributed by atoms with E-state index >= 15 is 0 Å². The zero-order valence-corrected chi connectivity index (χ0v) is 12.5. The van der Waals surface area contributed by atoms with Gasteiger partial charge < -0.3 is 4.90 Å². The standard InChI is InChI=1S/C18H20N2O/c1-2-13-6-7-14-11-17(21)16(12-19)18(15(14)10-13)20-8-4-3-5-9-20/h6-7,10H,2-5,8-9,11H2,1H3. The van der Waals surface area contributed by atoms with Gasteiger partial charge in [0.15, 0.2) is 5.78 Å². The van der Waals surface area contributed by atoms with Gasteiger partial charge in [-0.2, -0.15) is 5.26 Å². The minimum absolute atomic E-state index is 0.0326. The summed E-state index contributed by atoms with van der Waals surface area (Å²) < 4.78 is 0. The highest BCUT2D eigenvalue weighted by Gasteiger charge is 2.29. The number of benzene rings is 1. The summed E-state index contributed by atoms with van der Waals surface area (Å²) in [5.41, 5.74) is 4.68. The van der Waals surface area contributed by atoms with E-state index in [0.29, 0.717) is 12.0 Å². The molecule has 3 nitrogen and oxygen atoms in total. The minimum Gasteiger partial charge on any atom is -0.370 e. The first-order valence-electron chi connectivity index (χ1n) is 7.79. The summed E-state index contributed by atoms with van der Waals surface area (Å²) in [5.74, 6) is -0.0326. The summed E-state index contributed by atoms with van der Waals surface area (Å²) in [7, 11) is 0. The van der Waals surface area contributed by atoms with E-state index in [9.17, 15) is 10.1 Å². The molecule has 108 valence electrons. The molecular weight excluding hydrogens is 260 g/mol. The van der Waals surface area contributed by atoms with E-state index in [1.807, 2.05) is 0 Å². The van der Waals surface area contributed by atoms with Gasteiger partial charge in [0.2, 0.25) is 0 Å². The number of Topliss-reactive ketones (excluding diaryl/α,β-unsaturated/α-hetero) is 1. The predicted molar refractivity (Wildman–Crippen MR) is 82.5 cm³/mol. The number of hydrogen-bond donors (Lipinski definition) is 0. The molecule has 1 aromatic carbocycles. The van der Waals surface area contributed by atoms with Crippen LogP contribution in [-0.2, 0) is 17.6 Å². The second-order valence-corrected chi connectivity index (χ2v) is 5.83. The average molecular weight is 280 g/mol. The number of likely N-dealkylation sites (tertiary alicyclic amines) is 1. The van der Waals surface area contributed by atoms with Crippen LogP contribution in [0.2, 0.25) is 0 Å². The molecule has 21 heavy (non-hydrogen) atoms. The number of carbonyl (C=O) groups is 1. The Morgan fingerprint density at radius 1 is 1.24 bits per heavy atom. The largest absolute Gasteiger partial charge is 0.370 e. The van der Waals surface area contributed by atoms with Crippen LogP contribution in [0.1, 0.15) is 42.9 Å². The minimum atomic E-state index is -0.0326. The maximum atomic E-state index is 12.3. The van der Waals surface area contributed by atoms with Crippen LogP contribution in [0.3, 0.4) is 0 Å². The smallest absolute Gasteiger partial charge is 0.179 e. The topological polar surface area (TPSA) is 44.1 Å². The molecule has 1 aliphatic heterocycles. The van der Waals surface area contributed by atoms with Crippen LogP contribution in [-0.4, -0.2) is 23.8 Å². The van der Waals surface area contributed by atoms with E-state index < -0.39 is 0 Å². The second-order valence-electron chi connectivity index (χ2n) is 5.83. The molecule has 3 heteroatoms. The number of nitrogens with zero attached hydrogens (tertiary/aromatic N) is 2. The fraction of sp³-hybridized carbons (Fsp3) is 0.444. The Morgan fingerprint density at radius 2 is 2.00 bits per heavy atom. The van der Waals surface area contributed by atoms with E-state index in [1.165, 1.54) is 12.0 Å². The molecule has 0 atom stereocenters. The van der Waals surface area contributed by atoms with Crippen molar-refractivity contribution in [3.8, 4) is 6.07 Å². The number of piperidine rings is 1. The zero-order valence-electron chi connectivity index (χ0n) is 12.5. The summed E-state index contributed by atoms with van der Waals surface area (Å²) in [4.78, 5) is 14.5. The fourth-order valence-electron chi connectivity index (χ4n) is 3.31. The van der Waals surface area contributed by atoms with Crippen molar-refractivity contribution in [3.05, 3.63) is 40.5 Å². The lowest BCUT2D eigenvalue weighted by Crippen LogP contribution is -2.32. The molecule has 2 aliphatic rings. The quantitative estimate of drug-likeness (QED) is 0.836. The Labute approximate surface area is 125 Å².